The van der Waals surface area contributed by atoms with Crippen molar-refractivity contribution in [3.63, 3.8) is 0 Å². The zero-order valence-electron chi connectivity index (χ0n) is 18.1. The topological polar surface area (TPSA) is 86.7 Å². The van der Waals surface area contributed by atoms with E-state index in [-0.39, 0.29) is 24.3 Å². The summed E-state index contributed by atoms with van der Waals surface area (Å²) < 4.78 is 28.3. The summed E-state index contributed by atoms with van der Waals surface area (Å²) in [6.07, 6.45) is 2.15. The second kappa shape index (κ2) is 13.1. The normalized spacial score (nSPS) is 24.0. The third kappa shape index (κ3) is 7.00. The lowest BCUT2D eigenvalue weighted by molar-refractivity contribution is -0.173. The van der Waals surface area contributed by atoms with E-state index in [1.165, 1.54) is 0 Å². The number of rotatable bonds is 12. The molecule has 3 heterocycles. The number of hydrogen-bond acceptors (Lipinski definition) is 8. The van der Waals surface area contributed by atoms with Crippen LogP contribution in [0.5, 0.6) is 0 Å². The Morgan fingerprint density at radius 3 is 2.68 bits per heavy atom. The first-order valence-electron chi connectivity index (χ1n) is 10.9. The van der Waals surface area contributed by atoms with E-state index in [1.807, 2.05) is 18.4 Å². The molecule has 0 bridgehead atoms. The highest BCUT2D eigenvalue weighted by molar-refractivity contribution is 7.08. The Bertz CT molecular complexity index is 675. The van der Waals surface area contributed by atoms with Gasteiger partial charge in [0.15, 0.2) is 5.76 Å². The van der Waals surface area contributed by atoms with Gasteiger partial charge in [0.1, 0.15) is 0 Å². The van der Waals surface area contributed by atoms with Crippen molar-refractivity contribution in [3.05, 3.63) is 34.2 Å². The number of carbonyl (C=O) groups excluding carboxylic acids is 1. The average Bonchev–Trinajstić information content (AvgIpc) is 3.34. The van der Waals surface area contributed by atoms with Crippen molar-refractivity contribution in [2.24, 2.45) is 5.92 Å². The molecule has 174 valence electrons. The van der Waals surface area contributed by atoms with Gasteiger partial charge in [0.05, 0.1) is 39.6 Å². The standard InChI is InChI=1S/C22H33NO7S/c1-2-29-22-18(3-8-26-12-13-28-11-7-24)19(17-4-14-31-16-17)15-20(30-22)21(25)23-5-9-27-10-6-23/h4,14-16,18-19,22,24H,2-3,5-13H2,1H3/t18-,19-,22-/m1/s1. The van der Waals surface area contributed by atoms with Crippen molar-refractivity contribution in [2.75, 3.05) is 65.9 Å². The van der Waals surface area contributed by atoms with E-state index in [0.717, 1.165) is 12.0 Å². The van der Waals surface area contributed by atoms with Crippen LogP contribution < -0.4 is 0 Å². The minimum absolute atomic E-state index is 0.00535. The number of hydrogen-bond donors (Lipinski definition) is 1. The molecule has 3 atom stereocenters. The first kappa shape index (κ1) is 24.2. The molecule has 1 amide bonds. The third-order valence-electron chi connectivity index (χ3n) is 5.36. The van der Waals surface area contributed by atoms with Gasteiger partial charge < -0.3 is 33.7 Å². The maximum absolute atomic E-state index is 13.1. The number of allylic oxidation sites excluding steroid dienone is 1. The molecule has 1 N–H and O–H groups in total. The van der Waals surface area contributed by atoms with Crippen LogP contribution in [0.25, 0.3) is 0 Å². The number of ether oxygens (including phenoxy) is 5. The summed E-state index contributed by atoms with van der Waals surface area (Å²) in [6, 6.07) is 2.09. The summed E-state index contributed by atoms with van der Waals surface area (Å²) in [5.74, 6) is 0.273. The van der Waals surface area contributed by atoms with Crippen LogP contribution in [0, 0.1) is 5.92 Å². The van der Waals surface area contributed by atoms with E-state index in [2.05, 4.69) is 11.4 Å². The Morgan fingerprint density at radius 1 is 1.23 bits per heavy atom. The van der Waals surface area contributed by atoms with Crippen LogP contribution in [-0.2, 0) is 28.5 Å². The molecule has 8 nitrogen and oxygen atoms in total. The molecule has 9 heteroatoms. The predicted octanol–water partition coefficient (Wildman–Crippen LogP) is 2.00. The fraction of sp³-hybridized carbons (Fsp3) is 0.682. The predicted molar refractivity (Wildman–Crippen MR) is 116 cm³/mol. The molecule has 0 unspecified atom stereocenters. The largest absolute Gasteiger partial charge is 0.459 e. The van der Waals surface area contributed by atoms with E-state index >= 15 is 0 Å². The van der Waals surface area contributed by atoms with Crippen LogP contribution in [-0.4, -0.2) is 88.1 Å². The molecule has 0 spiro atoms. The number of carbonyl (C=O) groups is 1. The fourth-order valence-corrected chi connectivity index (χ4v) is 4.51. The summed E-state index contributed by atoms with van der Waals surface area (Å²) in [6.45, 7) is 6.41. The summed E-state index contributed by atoms with van der Waals surface area (Å²) in [4.78, 5) is 14.9. The number of aliphatic hydroxyl groups excluding tert-OH is 1. The van der Waals surface area contributed by atoms with Gasteiger partial charge in [-0.05, 0) is 41.8 Å². The molecule has 31 heavy (non-hydrogen) atoms. The smallest absolute Gasteiger partial charge is 0.288 e. The molecule has 1 aromatic rings. The zero-order chi connectivity index (χ0) is 21.9. The Morgan fingerprint density at radius 2 is 2.00 bits per heavy atom. The first-order chi connectivity index (χ1) is 15.2. The van der Waals surface area contributed by atoms with Gasteiger partial charge in [0.2, 0.25) is 6.29 Å². The molecular weight excluding hydrogens is 422 g/mol. The van der Waals surface area contributed by atoms with Crippen molar-refractivity contribution >= 4 is 17.2 Å². The minimum Gasteiger partial charge on any atom is -0.459 e. The number of nitrogens with zero attached hydrogens (tertiary/aromatic N) is 1. The van der Waals surface area contributed by atoms with Crippen molar-refractivity contribution in [2.45, 2.75) is 25.6 Å². The highest BCUT2D eigenvalue weighted by Gasteiger charge is 2.39. The van der Waals surface area contributed by atoms with Crippen LogP contribution in [0.4, 0.5) is 0 Å². The Hall–Kier alpha value is -1.49. The second-order valence-electron chi connectivity index (χ2n) is 7.36. The third-order valence-corrected chi connectivity index (χ3v) is 6.06. The van der Waals surface area contributed by atoms with Crippen molar-refractivity contribution < 1.29 is 33.6 Å². The van der Waals surface area contributed by atoms with Gasteiger partial charge in [-0.2, -0.15) is 11.3 Å². The van der Waals surface area contributed by atoms with Crippen LogP contribution in [0.15, 0.2) is 28.7 Å². The Balaban J connectivity index is 1.69. The van der Waals surface area contributed by atoms with Gasteiger partial charge in [-0.25, -0.2) is 0 Å². The number of amides is 1. The lowest BCUT2D eigenvalue weighted by Crippen LogP contribution is -2.44. The first-order valence-corrected chi connectivity index (χ1v) is 11.8. The molecule has 1 aromatic heterocycles. The highest BCUT2D eigenvalue weighted by Crippen LogP contribution is 2.39. The summed E-state index contributed by atoms with van der Waals surface area (Å²) in [5.41, 5.74) is 1.15. The van der Waals surface area contributed by atoms with E-state index in [1.54, 1.807) is 16.2 Å². The number of thiophene rings is 1. The average molecular weight is 456 g/mol. The Labute approximate surface area is 187 Å². The van der Waals surface area contributed by atoms with Gasteiger partial charge in [-0.3, -0.25) is 4.79 Å². The maximum atomic E-state index is 13.1. The minimum atomic E-state index is -0.519. The van der Waals surface area contributed by atoms with Gasteiger partial charge in [-0.15, -0.1) is 0 Å². The lowest BCUT2D eigenvalue weighted by atomic mass is 9.82. The molecule has 0 aromatic carbocycles. The van der Waals surface area contributed by atoms with Gasteiger partial charge in [0.25, 0.3) is 5.91 Å². The van der Waals surface area contributed by atoms with Crippen molar-refractivity contribution in [1.29, 1.82) is 0 Å². The SMILES string of the molecule is CCO[C@@H]1OC(C(=O)N2CCOCC2)=C[C@H](c2ccsc2)[C@H]1CCOCCOCCO. The van der Waals surface area contributed by atoms with Gasteiger partial charge in [0, 0.05) is 38.1 Å². The molecule has 3 rings (SSSR count). The second-order valence-corrected chi connectivity index (χ2v) is 8.14. The van der Waals surface area contributed by atoms with Gasteiger partial charge >= 0.3 is 0 Å². The lowest BCUT2D eigenvalue weighted by Gasteiger charge is -2.38. The molecule has 1 saturated heterocycles. The van der Waals surface area contributed by atoms with Crippen LogP contribution in [0.2, 0.25) is 0 Å². The maximum Gasteiger partial charge on any atom is 0.288 e. The van der Waals surface area contributed by atoms with Crippen LogP contribution in [0.1, 0.15) is 24.8 Å². The van der Waals surface area contributed by atoms with Gasteiger partial charge in [-0.1, -0.05) is 0 Å². The van der Waals surface area contributed by atoms with Crippen LogP contribution >= 0.6 is 11.3 Å². The molecule has 2 aliphatic heterocycles. The number of morpholine rings is 1. The monoisotopic (exact) mass is 455 g/mol. The number of aliphatic hydroxyl groups is 1. The molecule has 0 radical (unpaired) electrons. The quantitative estimate of drug-likeness (QED) is 0.483. The molecule has 0 saturated carbocycles. The van der Waals surface area contributed by atoms with E-state index < -0.39 is 6.29 Å². The zero-order valence-corrected chi connectivity index (χ0v) is 18.9. The van der Waals surface area contributed by atoms with E-state index in [4.69, 9.17) is 28.8 Å². The van der Waals surface area contributed by atoms with E-state index in [0.29, 0.717) is 65.1 Å². The van der Waals surface area contributed by atoms with Crippen LogP contribution in [0.3, 0.4) is 0 Å². The van der Waals surface area contributed by atoms with Crippen molar-refractivity contribution in [1.82, 2.24) is 4.90 Å². The Kier molecular flexibility index (Phi) is 10.2. The summed E-state index contributed by atoms with van der Waals surface area (Å²) in [7, 11) is 0. The fourth-order valence-electron chi connectivity index (χ4n) is 3.80. The highest BCUT2D eigenvalue weighted by atomic mass is 32.1. The van der Waals surface area contributed by atoms with Crippen molar-refractivity contribution in [3.8, 4) is 0 Å². The molecule has 0 aliphatic carbocycles. The van der Waals surface area contributed by atoms with E-state index in [9.17, 15) is 4.79 Å². The molecular formula is C22H33NO7S. The molecule has 1 fully saturated rings. The summed E-state index contributed by atoms with van der Waals surface area (Å²) >= 11 is 1.64. The molecule has 2 aliphatic rings. The summed E-state index contributed by atoms with van der Waals surface area (Å²) in [5, 5.41) is 12.9.